The molecule has 1 aromatic carbocycles. The summed E-state index contributed by atoms with van der Waals surface area (Å²) in [5.74, 6) is -2.49. The van der Waals surface area contributed by atoms with Crippen molar-refractivity contribution in [2.45, 2.75) is 90.1 Å². The molecule has 4 bridgehead atoms. The van der Waals surface area contributed by atoms with Gasteiger partial charge in [-0.05, 0) is 60.0 Å². The molecule has 0 amide bonds. The lowest BCUT2D eigenvalue weighted by Gasteiger charge is -2.56. The van der Waals surface area contributed by atoms with Crippen LogP contribution in [0.3, 0.4) is 0 Å². The summed E-state index contributed by atoms with van der Waals surface area (Å²) in [5.41, 5.74) is -1.80. The van der Waals surface area contributed by atoms with Gasteiger partial charge in [-0.25, -0.2) is 0 Å². The van der Waals surface area contributed by atoms with Gasteiger partial charge < -0.3 is 24.8 Å². The van der Waals surface area contributed by atoms with E-state index < -0.39 is 46.3 Å². The number of carbonyl (C=O) groups is 3. The van der Waals surface area contributed by atoms with Crippen LogP contribution in [0.25, 0.3) is 0 Å². The smallest absolute Gasteiger partial charge is 0.200 e. The van der Waals surface area contributed by atoms with Crippen molar-refractivity contribution in [3.8, 4) is 17.2 Å². The number of aliphatic hydroxyl groups excluding tert-OH is 1. The molecule has 1 saturated carbocycles. The van der Waals surface area contributed by atoms with Crippen molar-refractivity contribution < 1.29 is 39.2 Å². The third-order valence-corrected chi connectivity index (χ3v) is 9.27. The fourth-order valence-electron chi connectivity index (χ4n) is 7.17. The van der Waals surface area contributed by atoms with Crippen molar-refractivity contribution in [2.24, 2.45) is 11.8 Å². The maximum absolute atomic E-state index is 14.5. The van der Waals surface area contributed by atoms with E-state index in [9.17, 15) is 29.7 Å². The molecule has 2 aliphatic heterocycles. The number of aliphatic hydroxyl groups is 1. The molecule has 5 atom stereocenters. The van der Waals surface area contributed by atoms with Gasteiger partial charge in [0.2, 0.25) is 0 Å². The summed E-state index contributed by atoms with van der Waals surface area (Å²) in [7, 11) is 0. The number of allylic oxidation sites excluding steroid dienone is 4. The first-order chi connectivity index (χ1) is 19.1. The van der Waals surface area contributed by atoms with Gasteiger partial charge in [0.15, 0.2) is 22.8 Å². The summed E-state index contributed by atoms with van der Waals surface area (Å²) < 4.78 is 13.5. The number of benzene rings is 1. The Morgan fingerprint density at radius 1 is 1.12 bits per heavy atom. The van der Waals surface area contributed by atoms with E-state index in [1.807, 2.05) is 33.8 Å². The number of hydrogen-bond acceptors (Lipinski definition) is 8. The molecule has 3 aliphatic carbocycles. The first kappa shape index (κ1) is 29.0. The predicted octanol–water partition coefficient (Wildman–Crippen LogP) is 4.63. The molecule has 218 valence electrons. The van der Waals surface area contributed by atoms with E-state index in [0.717, 1.165) is 5.57 Å². The summed E-state index contributed by atoms with van der Waals surface area (Å²) in [6, 6.07) is 0. The van der Waals surface area contributed by atoms with Crippen LogP contribution in [0.4, 0.5) is 0 Å². The van der Waals surface area contributed by atoms with Gasteiger partial charge in [-0.15, -0.1) is 0 Å². The van der Waals surface area contributed by atoms with Crippen molar-refractivity contribution in [2.75, 3.05) is 0 Å². The normalized spacial score (nSPS) is 29.7. The summed E-state index contributed by atoms with van der Waals surface area (Å²) >= 11 is 0. The summed E-state index contributed by atoms with van der Waals surface area (Å²) in [6.45, 7) is 14.6. The van der Waals surface area contributed by atoms with Gasteiger partial charge in [0.25, 0.3) is 0 Å². The highest BCUT2D eigenvalue weighted by atomic mass is 16.6. The SMILES string of the molecule is C=C(C)C(O)Cc1c(O)c(CC=C(C)C)c(O)c2c1O[C@@]13C(=C[C@H]4C[C@H]1C(C)(C)O[C@]3(C/C=C(\C)C=O)C4=O)C2=O. The van der Waals surface area contributed by atoms with Crippen LogP contribution >= 0.6 is 0 Å². The number of phenolic OH excluding ortho intramolecular Hbond substituents is 2. The lowest BCUT2D eigenvalue weighted by Crippen LogP contribution is -2.72. The number of rotatable bonds is 8. The number of fused-ring (bicyclic) bond motifs is 1. The standard InChI is InChI=1S/C33H38O8/c1-16(2)8-9-20-26(36)21(14-23(35)17(3)4)29-25(27(20)37)28(38)22-12-19-13-24-31(6,7)41-32(30(19)39,33(22,24)40-29)11-10-18(5)15-34/h8,10,12,15,19,23-24,35-37H,3,9,11,13-14H2,1-2,4-7H3/b18-10+/t19-,23?,24-,32+,33-/m0/s1. The number of aldehydes is 1. The number of aromatic hydroxyl groups is 2. The fraction of sp³-hybridized carbons (Fsp3) is 0.485. The predicted molar refractivity (Wildman–Crippen MR) is 152 cm³/mol. The van der Waals surface area contributed by atoms with Crippen molar-refractivity contribution >= 4 is 17.9 Å². The van der Waals surface area contributed by atoms with Crippen LogP contribution in [-0.4, -0.2) is 56.1 Å². The van der Waals surface area contributed by atoms with Crippen LogP contribution < -0.4 is 4.74 Å². The molecule has 1 spiro atoms. The topological polar surface area (TPSA) is 130 Å². The van der Waals surface area contributed by atoms with E-state index in [2.05, 4.69) is 6.58 Å². The number of carbonyl (C=O) groups excluding carboxylic acids is 3. The molecule has 0 radical (unpaired) electrons. The Bertz CT molecular complexity index is 1490. The Hall–Kier alpha value is -3.49. The Labute approximate surface area is 240 Å². The second-order valence-electron chi connectivity index (χ2n) is 12.7. The molecule has 1 unspecified atom stereocenters. The summed E-state index contributed by atoms with van der Waals surface area (Å²) in [6.07, 6.45) is 5.15. The Kier molecular flexibility index (Phi) is 6.74. The molecule has 8 nitrogen and oxygen atoms in total. The number of hydrogen-bond donors (Lipinski definition) is 3. The zero-order chi connectivity index (χ0) is 30.2. The van der Waals surface area contributed by atoms with Gasteiger partial charge >= 0.3 is 0 Å². The fourth-order valence-corrected chi connectivity index (χ4v) is 7.17. The molecular weight excluding hydrogens is 524 g/mol. The van der Waals surface area contributed by atoms with E-state index in [-0.39, 0.29) is 58.8 Å². The molecule has 5 aliphatic rings. The van der Waals surface area contributed by atoms with Crippen LogP contribution in [0.15, 0.2) is 47.1 Å². The second kappa shape index (κ2) is 9.53. The molecule has 1 aromatic rings. The molecular formula is C33H38O8. The Morgan fingerprint density at radius 2 is 1.80 bits per heavy atom. The van der Waals surface area contributed by atoms with E-state index in [4.69, 9.17) is 9.47 Å². The molecule has 6 rings (SSSR count). The Morgan fingerprint density at radius 3 is 2.41 bits per heavy atom. The minimum absolute atomic E-state index is 0.00708. The first-order valence-electron chi connectivity index (χ1n) is 14.0. The molecule has 1 saturated heterocycles. The molecule has 3 N–H and O–H groups in total. The quantitative estimate of drug-likeness (QED) is 0.238. The largest absolute Gasteiger partial charge is 0.507 e. The van der Waals surface area contributed by atoms with E-state index in [1.54, 1.807) is 26.0 Å². The lowest BCUT2D eigenvalue weighted by atomic mass is 9.51. The van der Waals surface area contributed by atoms with Crippen molar-refractivity contribution in [3.05, 3.63) is 63.8 Å². The van der Waals surface area contributed by atoms with Gasteiger partial charge in [0, 0.05) is 41.4 Å². The average molecular weight is 563 g/mol. The number of phenols is 2. The van der Waals surface area contributed by atoms with Gasteiger partial charge in [0.1, 0.15) is 29.1 Å². The number of Topliss-reactive ketones (excluding diaryl/α,β-unsaturated/α-hetero) is 2. The molecule has 2 heterocycles. The van der Waals surface area contributed by atoms with Gasteiger partial charge in [-0.1, -0.05) is 36.0 Å². The minimum Gasteiger partial charge on any atom is -0.507 e. The third kappa shape index (κ3) is 3.91. The molecule has 41 heavy (non-hydrogen) atoms. The monoisotopic (exact) mass is 562 g/mol. The van der Waals surface area contributed by atoms with Crippen molar-refractivity contribution in [1.82, 2.24) is 0 Å². The van der Waals surface area contributed by atoms with Crippen molar-refractivity contribution in [3.63, 3.8) is 0 Å². The van der Waals surface area contributed by atoms with Gasteiger partial charge in [0.05, 0.1) is 11.7 Å². The second-order valence-corrected chi connectivity index (χ2v) is 12.7. The van der Waals surface area contributed by atoms with Crippen LogP contribution in [0.1, 0.15) is 75.9 Å². The van der Waals surface area contributed by atoms with E-state index >= 15 is 0 Å². The maximum Gasteiger partial charge on any atom is 0.200 e. The highest BCUT2D eigenvalue weighted by Gasteiger charge is 2.81. The van der Waals surface area contributed by atoms with Crippen molar-refractivity contribution in [1.29, 1.82) is 0 Å². The number of ether oxygens (including phenoxy) is 2. The van der Waals surface area contributed by atoms with Gasteiger partial charge in [-0.2, -0.15) is 0 Å². The minimum atomic E-state index is -1.61. The van der Waals surface area contributed by atoms with Crippen LogP contribution in [-0.2, 0) is 27.2 Å². The lowest BCUT2D eigenvalue weighted by molar-refractivity contribution is -0.171. The maximum atomic E-state index is 14.5. The van der Waals surface area contributed by atoms with E-state index in [1.165, 1.54) is 0 Å². The zero-order valence-electron chi connectivity index (χ0n) is 24.5. The molecule has 8 heteroatoms. The highest BCUT2D eigenvalue weighted by Crippen LogP contribution is 2.68. The van der Waals surface area contributed by atoms with Crippen LogP contribution in [0.5, 0.6) is 17.2 Å². The Balaban J connectivity index is 1.82. The third-order valence-electron chi connectivity index (χ3n) is 9.27. The van der Waals surface area contributed by atoms with Gasteiger partial charge in [-0.3, -0.25) is 14.4 Å². The summed E-state index contributed by atoms with van der Waals surface area (Å²) in [4.78, 5) is 40.0. The number of ketones is 2. The molecule has 2 fully saturated rings. The zero-order valence-corrected chi connectivity index (χ0v) is 24.5. The van der Waals surface area contributed by atoms with E-state index in [0.29, 0.717) is 23.9 Å². The highest BCUT2D eigenvalue weighted by molar-refractivity contribution is 6.18. The van der Waals surface area contributed by atoms with Crippen LogP contribution in [0.2, 0.25) is 0 Å². The first-order valence-corrected chi connectivity index (χ1v) is 14.0. The summed E-state index contributed by atoms with van der Waals surface area (Å²) in [5, 5.41) is 33.8. The van der Waals surface area contributed by atoms with Crippen LogP contribution in [0, 0.1) is 11.8 Å². The molecule has 0 aromatic heterocycles. The average Bonchev–Trinajstić information content (AvgIpc) is 3.06.